The second-order valence-electron chi connectivity index (χ2n) is 5.61. The van der Waals surface area contributed by atoms with E-state index in [1.807, 2.05) is 30.3 Å². The van der Waals surface area contributed by atoms with E-state index in [0.29, 0.717) is 0 Å². The zero-order valence-corrected chi connectivity index (χ0v) is 12.9. The van der Waals surface area contributed by atoms with Crippen LogP contribution in [0.2, 0.25) is 0 Å². The van der Waals surface area contributed by atoms with Crippen LogP contribution >= 0.6 is 0 Å². The van der Waals surface area contributed by atoms with Gasteiger partial charge in [0.05, 0.1) is 11.6 Å². The second kappa shape index (κ2) is 7.56. The van der Waals surface area contributed by atoms with Crippen molar-refractivity contribution < 1.29 is 19.7 Å². The van der Waals surface area contributed by atoms with Crippen LogP contribution in [0.1, 0.15) is 32.4 Å². The molecule has 0 radical (unpaired) electrons. The monoisotopic (exact) mass is 302 g/mol. The van der Waals surface area contributed by atoms with Gasteiger partial charge in [-0.1, -0.05) is 24.3 Å². The minimum Gasteiger partial charge on any atom is -0.544 e. The molecule has 0 aliphatic heterocycles. The molecule has 2 rings (SSSR count). The Hall–Kier alpha value is -2.40. The van der Waals surface area contributed by atoms with Crippen molar-refractivity contribution in [2.75, 3.05) is 0 Å². The number of fused-ring (bicyclic) bond motifs is 1. The van der Waals surface area contributed by atoms with Crippen molar-refractivity contribution in [2.24, 2.45) is 0 Å². The number of aliphatic hydroxyl groups is 1. The summed E-state index contributed by atoms with van der Waals surface area (Å²) in [6.07, 6.45) is 1.06. The zero-order valence-electron chi connectivity index (χ0n) is 12.9. The first-order valence-corrected chi connectivity index (χ1v) is 6.78. The van der Waals surface area contributed by atoms with E-state index in [1.54, 1.807) is 27.0 Å². The molecule has 0 bridgehead atoms. The van der Waals surface area contributed by atoms with Crippen LogP contribution in [0.15, 0.2) is 49.2 Å². The smallest absolute Gasteiger partial charge is 0.252 e. The Morgan fingerprint density at radius 3 is 2.55 bits per heavy atom. The molecule has 0 saturated heterocycles. The van der Waals surface area contributed by atoms with E-state index in [0.717, 1.165) is 16.5 Å². The largest absolute Gasteiger partial charge is 0.544 e. The fourth-order valence-corrected chi connectivity index (χ4v) is 1.64. The lowest BCUT2D eigenvalue weighted by molar-refractivity contribution is -0.292. The van der Waals surface area contributed by atoms with E-state index in [1.165, 1.54) is 6.08 Å². The molecule has 1 unspecified atom stereocenters. The van der Waals surface area contributed by atoms with Crippen molar-refractivity contribution in [3.05, 3.63) is 54.7 Å². The second-order valence-corrected chi connectivity index (χ2v) is 5.61. The number of pyridine rings is 1. The third kappa shape index (κ3) is 5.93. The standard InChI is InChI=1S/C12H11NO.C5H10O3/c1-2-12(14)10-7-9-5-3-4-6-11(9)13-8-10;1-5(2,3)8-4(6)7/h2-8,12,14H,1H2;1-3H3,(H,6,7)/p-1. The van der Waals surface area contributed by atoms with Crippen LogP contribution < -0.4 is 5.11 Å². The van der Waals surface area contributed by atoms with Crippen LogP contribution in [0, 0.1) is 0 Å². The molecule has 0 fully saturated rings. The van der Waals surface area contributed by atoms with Crippen molar-refractivity contribution in [1.29, 1.82) is 0 Å². The number of hydrogen-bond acceptors (Lipinski definition) is 5. The van der Waals surface area contributed by atoms with Crippen LogP contribution in [0.4, 0.5) is 4.79 Å². The number of aromatic nitrogens is 1. The molecule has 1 N–H and O–H groups in total. The number of carbonyl (C=O) groups is 1. The summed E-state index contributed by atoms with van der Waals surface area (Å²) in [5.41, 5.74) is 1.07. The summed E-state index contributed by atoms with van der Waals surface area (Å²) < 4.78 is 4.24. The highest BCUT2D eigenvalue weighted by Gasteiger charge is 2.05. The van der Waals surface area contributed by atoms with Crippen molar-refractivity contribution in [3.63, 3.8) is 0 Å². The SMILES string of the molecule is C=CC(O)c1cnc2ccccc2c1.CC(C)(C)OC(=O)[O-]. The number of hydrogen-bond donors (Lipinski definition) is 1. The molecule has 1 aromatic carbocycles. The number of benzene rings is 1. The quantitative estimate of drug-likeness (QED) is 0.681. The van der Waals surface area contributed by atoms with Gasteiger partial charge in [-0.25, -0.2) is 0 Å². The fraction of sp³-hybridized carbons (Fsp3) is 0.294. The minimum absolute atomic E-state index is 0.632. The molecule has 0 spiro atoms. The summed E-state index contributed by atoms with van der Waals surface area (Å²) in [4.78, 5) is 13.9. The van der Waals surface area contributed by atoms with Gasteiger partial charge in [0, 0.05) is 22.7 Å². The van der Waals surface area contributed by atoms with Crippen LogP contribution in [-0.4, -0.2) is 21.8 Å². The lowest BCUT2D eigenvalue weighted by Crippen LogP contribution is -2.32. The number of carboxylic acid groups (broad SMARTS) is 1. The maximum absolute atomic E-state index is 9.68. The Balaban J connectivity index is 0.000000261. The molecule has 0 saturated carbocycles. The summed E-state index contributed by atoms with van der Waals surface area (Å²) in [5, 5.41) is 20.2. The lowest BCUT2D eigenvalue weighted by atomic mass is 10.1. The molecule has 5 nitrogen and oxygen atoms in total. The van der Waals surface area contributed by atoms with E-state index in [2.05, 4.69) is 16.3 Å². The maximum atomic E-state index is 9.68. The Morgan fingerprint density at radius 2 is 2.05 bits per heavy atom. The van der Waals surface area contributed by atoms with Gasteiger partial charge in [0.25, 0.3) is 6.16 Å². The van der Waals surface area contributed by atoms with Crippen molar-refractivity contribution in [2.45, 2.75) is 32.5 Å². The van der Waals surface area contributed by atoms with E-state index in [9.17, 15) is 15.0 Å². The average molecular weight is 302 g/mol. The Morgan fingerprint density at radius 1 is 1.41 bits per heavy atom. The molecule has 1 atom stereocenters. The van der Waals surface area contributed by atoms with Crippen molar-refractivity contribution >= 4 is 17.1 Å². The third-order valence-electron chi connectivity index (χ3n) is 2.57. The van der Waals surface area contributed by atoms with Crippen molar-refractivity contribution in [3.8, 4) is 0 Å². The van der Waals surface area contributed by atoms with E-state index < -0.39 is 17.9 Å². The number of nitrogens with zero attached hydrogens (tertiary/aromatic N) is 1. The van der Waals surface area contributed by atoms with Gasteiger partial charge in [-0.2, -0.15) is 0 Å². The summed E-state index contributed by atoms with van der Waals surface area (Å²) in [6.45, 7) is 8.46. The van der Waals surface area contributed by atoms with Gasteiger partial charge >= 0.3 is 0 Å². The maximum Gasteiger partial charge on any atom is 0.252 e. The summed E-state index contributed by atoms with van der Waals surface area (Å²) in [5.74, 6) is 0. The molecule has 118 valence electrons. The molecule has 0 aliphatic carbocycles. The molecule has 1 heterocycles. The van der Waals surface area contributed by atoms with Gasteiger partial charge in [-0.05, 0) is 32.9 Å². The van der Waals surface area contributed by atoms with Crippen molar-refractivity contribution in [1.82, 2.24) is 4.98 Å². The Labute approximate surface area is 129 Å². The van der Waals surface area contributed by atoms with Gasteiger partial charge in [0.1, 0.15) is 0 Å². The first-order valence-electron chi connectivity index (χ1n) is 6.78. The molecular formula is C17H20NO4-. The van der Waals surface area contributed by atoms with Gasteiger partial charge < -0.3 is 19.7 Å². The number of rotatable bonds is 2. The van der Waals surface area contributed by atoms with Crippen LogP contribution in [-0.2, 0) is 4.74 Å². The first-order chi connectivity index (χ1) is 10.2. The highest BCUT2D eigenvalue weighted by Crippen LogP contribution is 2.18. The lowest BCUT2D eigenvalue weighted by Gasteiger charge is -2.24. The van der Waals surface area contributed by atoms with Crippen LogP contribution in [0.25, 0.3) is 10.9 Å². The molecule has 0 amide bonds. The van der Waals surface area contributed by atoms with Gasteiger partial charge in [0.15, 0.2) is 0 Å². The van der Waals surface area contributed by atoms with E-state index in [-0.39, 0.29) is 0 Å². The number of carbonyl (C=O) groups excluding carboxylic acids is 1. The third-order valence-corrected chi connectivity index (χ3v) is 2.57. The minimum atomic E-state index is -1.47. The van der Waals surface area contributed by atoms with Crippen LogP contribution in [0.5, 0.6) is 0 Å². The van der Waals surface area contributed by atoms with Crippen LogP contribution in [0.3, 0.4) is 0 Å². The molecule has 22 heavy (non-hydrogen) atoms. The highest BCUT2D eigenvalue weighted by molar-refractivity contribution is 5.78. The number of para-hydroxylation sites is 1. The molecule has 5 heteroatoms. The summed E-state index contributed by atoms with van der Waals surface area (Å²) in [6, 6.07) is 9.74. The number of aliphatic hydroxyl groups excluding tert-OH is 1. The van der Waals surface area contributed by atoms with E-state index in [4.69, 9.17) is 0 Å². The number of ether oxygens (including phenoxy) is 1. The average Bonchev–Trinajstić information content (AvgIpc) is 2.44. The highest BCUT2D eigenvalue weighted by atomic mass is 16.7. The predicted octanol–water partition coefficient (Wildman–Crippen LogP) is 2.60. The molecular weight excluding hydrogens is 282 g/mol. The van der Waals surface area contributed by atoms with E-state index >= 15 is 0 Å². The topological polar surface area (TPSA) is 82.5 Å². The first kappa shape index (κ1) is 17.7. The predicted molar refractivity (Wildman–Crippen MR) is 83.1 cm³/mol. The summed E-state index contributed by atoms with van der Waals surface area (Å²) >= 11 is 0. The normalized spacial score (nSPS) is 12.0. The molecule has 0 aliphatic rings. The Kier molecular flexibility index (Phi) is 6.07. The zero-order chi connectivity index (χ0) is 16.8. The summed E-state index contributed by atoms with van der Waals surface area (Å²) in [7, 11) is 0. The Bertz CT molecular complexity index is 646. The van der Waals surface area contributed by atoms with Gasteiger partial charge in [0.2, 0.25) is 0 Å². The van der Waals surface area contributed by atoms with Gasteiger partial charge in [-0.15, -0.1) is 6.58 Å². The molecule has 1 aromatic heterocycles. The fourth-order valence-electron chi connectivity index (χ4n) is 1.64. The van der Waals surface area contributed by atoms with Gasteiger partial charge in [-0.3, -0.25) is 4.98 Å². The molecule has 2 aromatic rings.